The van der Waals surface area contributed by atoms with E-state index >= 15 is 0 Å². The Morgan fingerprint density at radius 3 is 3.05 bits per heavy atom. The second-order valence-electron chi connectivity index (χ2n) is 5.76. The van der Waals surface area contributed by atoms with Crippen LogP contribution in [0.2, 0.25) is 0 Å². The van der Waals surface area contributed by atoms with E-state index in [1.807, 2.05) is 0 Å². The Hall–Kier alpha value is -1.40. The van der Waals surface area contributed by atoms with E-state index < -0.39 is 0 Å². The molecular formula is C14H22N4O2. The van der Waals surface area contributed by atoms with Crippen molar-refractivity contribution in [3.63, 3.8) is 0 Å². The summed E-state index contributed by atoms with van der Waals surface area (Å²) in [6, 6.07) is 1.72. The van der Waals surface area contributed by atoms with Crippen molar-refractivity contribution in [1.29, 1.82) is 0 Å². The van der Waals surface area contributed by atoms with Gasteiger partial charge in [0, 0.05) is 19.8 Å². The van der Waals surface area contributed by atoms with Crippen LogP contribution >= 0.6 is 0 Å². The summed E-state index contributed by atoms with van der Waals surface area (Å²) in [6.45, 7) is 2.65. The first-order valence-corrected chi connectivity index (χ1v) is 7.33. The number of amides is 1. The van der Waals surface area contributed by atoms with Crippen LogP contribution < -0.4 is 10.6 Å². The maximum absolute atomic E-state index is 12.0. The number of hydrogen-bond donors (Lipinski definition) is 2. The Labute approximate surface area is 118 Å². The van der Waals surface area contributed by atoms with Crippen molar-refractivity contribution < 1.29 is 9.53 Å². The normalized spacial score (nSPS) is 24.9. The first-order chi connectivity index (χ1) is 9.69. The van der Waals surface area contributed by atoms with Crippen LogP contribution in [0.1, 0.15) is 36.2 Å². The van der Waals surface area contributed by atoms with Crippen LogP contribution in [-0.2, 0) is 11.8 Å². The number of ether oxygens (including phenoxy) is 1. The van der Waals surface area contributed by atoms with Crippen LogP contribution in [-0.4, -0.2) is 47.0 Å². The molecule has 1 atom stereocenters. The van der Waals surface area contributed by atoms with Crippen molar-refractivity contribution in [2.75, 3.05) is 19.6 Å². The molecular weight excluding hydrogens is 256 g/mol. The zero-order valence-electron chi connectivity index (χ0n) is 11.9. The fourth-order valence-corrected chi connectivity index (χ4v) is 3.18. The van der Waals surface area contributed by atoms with Gasteiger partial charge in [0.25, 0.3) is 5.91 Å². The first kappa shape index (κ1) is 13.6. The van der Waals surface area contributed by atoms with Crippen molar-refractivity contribution in [3.05, 3.63) is 18.0 Å². The molecule has 0 aliphatic carbocycles. The number of aromatic nitrogens is 2. The summed E-state index contributed by atoms with van der Waals surface area (Å²) in [7, 11) is 1.77. The molecule has 0 radical (unpaired) electrons. The Morgan fingerprint density at radius 2 is 2.35 bits per heavy atom. The summed E-state index contributed by atoms with van der Waals surface area (Å²) < 4.78 is 7.79. The van der Waals surface area contributed by atoms with Gasteiger partial charge in [0.1, 0.15) is 5.69 Å². The fourth-order valence-electron chi connectivity index (χ4n) is 3.18. The number of aryl methyl sites for hydroxylation is 1. The van der Waals surface area contributed by atoms with Crippen LogP contribution in [0.5, 0.6) is 0 Å². The minimum Gasteiger partial charge on any atom is -0.370 e. The summed E-state index contributed by atoms with van der Waals surface area (Å²) >= 11 is 0. The van der Waals surface area contributed by atoms with E-state index in [0.29, 0.717) is 12.2 Å². The molecule has 6 nitrogen and oxygen atoms in total. The molecule has 1 aromatic rings. The average molecular weight is 278 g/mol. The second-order valence-corrected chi connectivity index (χ2v) is 5.76. The maximum Gasteiger partial charge on any atom is 0.269 e. The summed E-state index contributed by atoms with van der Waals surface area (Å²) in [5.41, 5.74) is 0.646. The van der Waals surface area contributed by atoms with Crippen molar-refractivity contribution in [1.82, 2.24) is 20.4 Å². The molecule has 2 aliphatic heterocycles. The lowest BCUT2D eigenvalue weighted by Gasteiger charge is -2.33. The predicted octanol–water partition coefficient (Wildman–Crippen LogP) is 0.451. The largest absolute Gasteiger partial charge is 0.370 e. The molecule has 2 saturated heterocycles. The van der Waals surface area contributed by atoms with Crippen molar-refractivity contribution in [2.45, 2.75) is 37.4 Å². The zero-order valence-corrected chi connectivity index (χ0v) is 11.9. The third-order valence-electron chi connectivity index (χ3n) is 4.40. The van der Waals surface area contributed by atoms with Gasteiger partial charge in [-0.15, -0.1) is 0 Å². The maximum atomic E-state index is 12.0. The number of rotatable bonds is 3. The molecule has 0 aromatic carbocycles. The van der Waals surface area contributed by atoms with Crippen molar-refractivity contribution in [2.24, 2.45) is 7.05 Å². The number of nitrogens with zero attached hydrogens (tertiary/aromatic N) is 2. The minimum absolute atomic E-state index is 0.0627. The highest BCUT2D eigenvalue weighted by atomic mass is 16.5. The molecule has 110 valence electrons. The molecule has 6 heteroatoms. The molecule has 2 fully saturated rings. The molecule has 0 unspecified atom stereocenters. The lowest BCUT2D eigenvalue weighted by Crippen LogP contribution is -2.43. The molecule has 1 spiro atoms. The molecule has 1 amide bonds. The van der Waals surface area contributed by atoms with Crippen molar-refractivity contribution >= 4 is 5.91 Å². The Kier molecular flexibility index (Phi) is 3.76. The third-order valence-corrected chi connectivity index (χ3v) is 4.40. The second kappa shape index (κ2) is 5.54. The molecule has 3 rings (SSSR count). The predicted molar refractivity (Wildman–Crippen MR) is 74.5 cm³/mol. The van der Waals surface area contributed by atoms with E-state index in [1.54, 1.807) is 24.0 Å². The van der Waals surface area contributed by atoms with E-state index in [9.17, 15) is 4.79 Å². The van der Waals surface area contributed by atoms with E-state index in [4.69, 9.17) is 4.74 Å². The number of nitrogens with one attached hydrogen (secondary N) is 2. The minimum atomic E-state index is -0.0835. The highest BCUT2D eigenvalue weighted by Crippen LogP contribution is 2.36. The molecule has 0 bridgehead atoms. The van der Waals surface area contributed by atoms with Crippen LogP contribution in [0, 0.1) is 0 Å². The number of hydrogen-bond acceptors (Lipinski definition) is 4. The summed E-state index contributed by atoms with van der Waals surface area (Å²) in [5, 5.41) is 10.3. The van der Waals surface area contributed by atoms with Crippen LogP contribution in [0.25, 0.3) is 0 Å². The van der Waals surface area contributed by atoms with Gasteiger partial charge in [-0.1, -0.05) is 0 Å². The highest BCUT2D eigenvalue weighted by Gasteiger charge is 2.40. The van der Waals surface area contributed by atoms with Crippen LogP contribution in [0.3, 0.4) is 0 Å². The van der Waals surface area contributed by atoms with E-state index in [1.165, 1.54) is 0 Å². The lowest BCUT2D eigenvalue weighted by molar-refractivity contribution is -0.0576. The molecule has 20 heavy (non-hydrogen) atoms. The van der Waals surface area contributed by atoms with Gasteiger partial charge in [0.2, 0.25) is 0 Å². The van der Waals surface area contributed by atoms with Gasteiger partial charge in [-0.05, 0) is 44.8 Å². The molecule has 2 N–H and O–H groups in total. The summed E-state index contributed by atoms with van der Waals surface area (Å²) in [5.74, 6) is -0.0835. The topological polar surface area (TPSA) is 68.2 Å². The van der Waals surface area contributed by atoms with E-state index in [2.05, 4.69) is 15.7 Å². The van der Waals surface area contributed by atoms with E-state index in [0.717, 1.165) is 38.8 Å². The quantitative estimate of drug-likeness (QED) is 0.842. The molecule has 0 saturated carbocycles. The number of carbonyl (C=O) groups is 1. The van der Waals surface area contributed by atoms with Crippen LogP contribution in [0.15, 0.2) is 12.3 Å². The Balaban J connectivity index is 1.50. The van der Waals surface area contributed by atoms with Crippen molar-refractivity contribution in [3.8, 4) is 0 Å². The standard InChI is InChI=1S/C14H22N4O2/c1-18-12(3-7-17-18)13(19)16-10-11-2-4-14(20-11)5-8-15-9-6-14/h3,7,11,15H,2,4-6,8-10H2,1H3,(H,16,19)/t11-/m1/s1. The van der Waals surface area contributed by atoms with Gasteiger partial charge < -0.3 is 15.4 Å². The van der Waals surface area contributed by atoms with Gasteiger partial charge in [-0.25, -0.2) is 0 Å². The Morgan fingerprint density at radius 1 is 1.55 bits per heavy atom. The smallest absolute Gasteiger partial charge is 0.269 e. The molecule has 3 heterocycles. The van der Waals surface area contributed by atoms with Gasteiger partial charge in [0.15, 0.2) is 0 Å². The average Bonchev–Trinajstić information content (AvgIpc) is 3.04. The zero-order chi connectivity index (χ0) is 14.0. The Bertz CT molecular complexity index is 479. The van der Waals surface area contributed by atoms with Gasteiger partial charge in [0.05, 0.1) is 11.7 Å². The fraction of sp³-hybridized carbons (Fsp3) is 0.714. The summed E-state index contributed by atoms with van der Waals surface area (Å²) in [4.78, 5) is 12.0. The highest BCUT2D eigenvalue weighted by molar-refractivity contribution is 5.92. The number of piperidine rings is 1. The molecule has 1 aromatic heterocycles. The summed E-state index contributed by atoms with van der Waals surface area (Å²) in [6.07, 6.45) is 6.08. The van der Waals surface area contributed by atoms with Crippen LogP contribution in [0.4, 0.5) is 0 Å². The first-order valence-electron chi connectivity index (χ1n) is 7.33. The number of carbonyl (C=O) groups excluding carboxylic acids is 1. The van der Waals surface area contributed by atoms with Gasteiger partial charge in [-0.3, -0.25) is 9.48 Å². The lowest BCUT2D eigenvalue weighted by atomic mass is 9.89. The van der Waals surface area contributed by atoms with E-state index in [-0.39, 0.29) is 17.6 Å². The molecule has 2 aliphatic rings. The third kappa shape index (κ3) is 2.71. The monoisotopic (exact) mass is 278 g/mol. The van der Waals surface area contributed by atoms with Gasteiger partial charge in [-0.2, -0.15) is 5.10 Å². The SMILES string of the molecule is Cn1nccc1C(=O)NC[C@H]1CCC2(CCNCC2)O1. The van der Waals surface area contributed by atoms with Gasteiger partial charge >= 0.3 is 0 Å².